The number of aliphatic hydroxyl groups is 1. The molecule has 0 radical (unpaired) electrons. The fourth-order valence-corrected chi connectivity index (χ4v) is 1.46. The summed E-state index contributed by atoms with van der Waals surface area (Å²) in [5, 5.41) is 9.22. The van der Waals surface area contributed by atoms with Crippen molar-refractivity contribution >= 4 is 0 Å². The molecule has 66 valence electrons. The lowest BCUT2D eigenvalue weighted by molar-refractivity contribution is 0.174. The molecule has 2 heteroatoms. The van der Waals surface area contributed by atoms with E-state index in [9.17, 15) is 5.11 Å². The van der Waals surface area contributed by atoms with Crippen LogP contribution in [0, 0.1) is 5.92 Å². The van der Waals surface area contributed by atoms with Crippen LogP contribution >= 0.6 is 0 Å². The van der Waals surface area contributed by atoms with E-state index in [1.165, 1.54) is 6.42 Å². The van der Waals surface area contributed by atoms with Gasteiger partial charge in [0.2, 0.25) is 0 Å². The molecule has 1 saturated heterocycles. The third-order valence-electron chi connectivity index (χ3n) is 2.27. The van der Waals surface area contributed by atoms with Gasteiger partial charge in [-0.1, -0.05) is 13.8 Å². The number of aliphatic hydroxyl groups excluding tert-OH is 1. The molecule has 0 bridgehead atoms. The number of hydrogen-bond donors (Lipinski definition) is 1. The van der Waals surface area contributed by atoms with Crippen LogP contribution in [0.3, 0.4) is 0 Å². The Morgan fingerprint density at radius 3 is 2.73 bits per heavy atom. The first-order valence-corrected chi connectivity index (χ1v) is 4.59. The molecule has 0 saturated carbocycles. The Morgan fingerprint density at radius 1 is 1.55 bits per heavy atom. The van der Waals surface area contributed by atoms with Crippen molar-refractivity contribution < 1.29 is 5.11 Å². The van der Waals surface area contributed by atoms with Gasteiger partial charge in [-0.25, -0.2) is 0 Å². The molecule has 1 atom stereocenters. The van der Waals surface area contributed by atoms with E-state index >= 15 is 0 Å². The lowest BCUT2D eigenvalue weighted by Crippen LogP contribution is -2.24. The molecule has 1 N–H and O–H groups in total. The van der Waals surface area contributed by atoms with Crippen molar-refractivity contribution in [2.45, 2.75) is 32.8 Å². The number of rotatable bonds is 3. The molecule has 2 nitrogen and oxygen atoms in total. The molecule has 1 aliphatic rings. The summed E-state index contributed by atoms with van der Waals surface area (Å²) in [6.45, 7) is 7.63. The second kappa shape index (κ2) is 4.07. The van der Waals surface area contributed by atoms with Crippen LogP contribution in [0.5, 0.6) is 0 Å². The second-order valence-corrected chi connectivity index (χ2v) is 3.93. The third kappa shape index (κ3) is 3.21. The summed E-state index contributed by atoms with van der Waals surface area (Å²) in [5.41, 5.74) is 0. The summed E-state index contributed by atoms with van der Waals surface area (Å²) >= 11 is 0. The second-order valence-electron chi connectivity index (χ2n) is 3.93. The third-order valence-corrected chi connectivity index (χ3v) is 2.27. The molecule has 0 aromatic carbocycles. The normalized spacial score (nSPS) is 26.7. The Balaban J connectivity index is 2.08. The van der Waals surface area contributed by atoms with Crippen LogP contribution in [-0.2, 0) is 0 Å². The van der Waals surface area contributed by atoms with Crippen molar-refractivity contribution in [3.05, 3.63) is 0 Å². The maximum atomic E-state index is 9.22. The minimum absolute atomic E-state index is 0.0536. The number of hydrogen-bond acceptors (Lipinski definition) is 2. The van der Waals surface area contributed by atoms with Crippen LogP contribution in [0.25, 0.3) is 0 Å². The van der Waals surface area contributed by atoms with Gasteiger partial charge in [0.15, 0.2) is 0 Å². The number of β-amino-alcohol motifs (C(OH)–C–C–N with tert-alkyl or cyclic N) is 1. The van der Waals surface area contributed by atoms with Crippen LogP contribution in [0.2, 0.25) is 0 Å². The fraction of sp³-hybridized carbons (Fsp3) is 1.00. The summed E-state index contributed by atoms with van der Waals surface area (Å²) in [4.78, 5) is 2.35. The molecule has 1 heterocycles. The van der Waals surface area contributed by atoms with Crippen molar-refractivity contribution in [2.24, 2.45) is 5.92 Å². The first-order chi connectivity index (χ1) is 5.18. The van der Waals surface area contributed by atoms with Gasteiger partial charge >= 0.3 is 0 Å². The van der Waals surface area contributed by atoms with E-state index in [1.54, 1.807) is 0 Å². The molecule has 0 amide bonds. The average Bonchev–Trinajstić information content (AvgIpc) is 2.31. The molecule has 11 heavy (non-hydrogen) atoms. The van der Waals surface area contributed by atoms with Gasteiger partial charge in [0.25, 0.3) is 0 Å². The van der Waals surface area contributed by atoms with Gasteiger partial charge in [0.05, 0.1) is 6.10 Å². The standard InChI is InChI=1S/C9H19NO/c1-8(2)3-5-10-6-4-9(11)7-10/h8-9,11H,3-7H2,1-2H3/t9-/m1/s1. The quantitative estimate of drug-likeness (QED) is 0.663. The smallest absolute Gasteiger partial charge is 0.0679 e. The summed E-state index contributed by atoms with van der Waals surface area (Å²) in [6, 6.07) is 0. The predicted octanol–water partition coefficient (Wildman–Crippen LogP) is 1.10. The topological polar surface area (TPSA) is 23.5 Å². The first kappa shape index (κ1) is 9.01. The highest BCUT2D eigenvalue weighted by Gasteiger charge is 2.19. The minimum Gasteiger partial charge on any atom is -0.392 e. The molecule has 0 spiro atoms. The first-order valence-electron chi connectivity index (χ1n) is 4.59. The Bertz CT molecular complexity index is 114. The van der Waals surface area contributed by atoms with Gasteiger partial charge in [-0.05, 0) is 25.3 Å². The largest absolute Gasteiger partial charge is 0.392 e. The van der Waals surface area contributed by atoms with Crippen LogP contribution < -0.4 is 0 Å². The molecule has 1 rings (SSSR count). The summed E-state index contributed by atoms with van der Waals surface area (Å²) in [5.74, 6) is 0.785. The average molecular weight is 157 g/mol. The van der Waals surface area contributed by atoms with Gasteiger partial charge in [-0.15, -0.1) is 0 Å². The van der Waals surface area contributed by atoms with Crippen molar-refractivity contribution in [2.75, 3.05) is 19.6 Å². The fourth-order valence-electron chi connectivity index (χ4n) is 1.46. The number of nitrogens with zero attached hydrogens (tertiary/aromatic N) is 1. The maximum absolute atomic E-state index is 9.22. The van der Waals surface area contributed by atoms with Gasteiger partial charge in [-0.2, -0.15) is 0 Å². The zero-order chi connectivity index (χ0) is 8.27. The Labute approximate surface area is 69.2 Å². The highest BCUT2D eigenvalue weighted by Crippen LogP contribution is 2.10. The van der Waals surface area contributed by atoms with Crippen LogP contribution in [0.1, 0.15) is 26.7 Å². The maximum Gasteiger partial charge on any atom is 0.0679 e. The van der Waals surface area contributed by atoms with E-state index in [0.29, 0.717) is 0 Å². The molecule has 1 fully saturated rings. The highest BCUT2D eigenvalue weighted by atomic mass is 16.3. The van der Waals surface area contributed by atoms with Crippen molar-refractivity contribution in [3.63, 3.8) is 0 Å². The van der Waals surface area contributed by atoms with Crippen molar-refractivity contribution in [1.82, 2.24) is 4.90 Å². The minimum atomic E-state index is -0.0536. The highest BCUT2D eigenvalue weighted by molar-refractivity contribution is 4.74. The summed E-state index contributed by atoms with van der Waals surface area (Å²) < 4.78 is 0. The Kier molecular flexibility index (Phi) is 3.34. The van der Waals surface area contributed by atoms with Gasteiger partial charge in [-0.3, -0.25) is 0 Å². The van der Waals surface area contributed by atoms with Crippen LogP contribution in [0.15, 0.2) is 0 Å². The lowest BCUT2D eigenvalue weighted by atomic mass is 10.1. The molecule has 0 aromatic rings. The van der Waals surface area contributed by atoms with Gasteiger partial charge in [0.1, 0.15) is 0 Å². The molecular weight excluding hydrogens is 138 g/mol. The molecule has 0 unspecified atom stereocenters. The van der Waals surface area contributed by atoms with E-state index in [0.717, 1.165) is 32.0 Å². The van der Waals surface area contributed by atoms with Crippen LogP contribution in [0.4, 0.5) is 0 Å². The Hall–Kier alpha value is -0.0800. The van der Waals surface area contributed by atoms with Crippen LogP contribution in [-0.4, -0.2) is 35.7 Å². The van der Waals surface area contributed by atoms with Crippen molar-refractivity contribution in [1.29, 1.82) is 0 Å². The monoisotopic (exact) mass is 157 g/mol. The Morgan fingerprint density at radius 2 is 2.27 bits per heavy atom. The van der Waals surface area contributed by atoms with E-state index in [-0.39, 0.29) is 6.10 Å². The molecule has 0 aromatic heterocycles. The predicted molar refractivity (Wildman–Crippen MR) is 46.5 cm³/mol. The van der Waals surface area contributed by atoms with E-state index in [1.807, 2.05) is 0 Å². The van der Waals surface area contributed by atoms with E-state index < -0.39 is 0 Å². The zero-order valence-corrected chi connectivity index (χ0v) is 7.58. The van der Waals surface area contributed by atoms with Crippen molar-refractivity contribution in [3.8, 4) is 0 Å². The molecular formula is C9H19NO. The SMILES string of the molecule is CC(C)CCN1CC[C@@H](O)C1. The molecule has 0 aliphatic carbocycles. The molecule has 1 aliphatic heterocycles. The van der Waals surface area contributed by atoms with E-state index in [2.05, 4.69) is 18.7 Å². The van der Waals surface area contributed by atoms with Gasteiger partial charge < -0.3 is 10.0 Å². The van der Waals surface area contributed by atoms with E-state index in [4.69, 9.17) is 0 Å². The lowest BCUT2D eigenvalue weighted by Gasteiger charge is -2.15. The number of likely N-dealkylation sites (tertiary alicyclic amines) is 1. The van der Waals surface area contributed by atoms with Gasteiger partial charge in [0, 0.05) is 13.1 Å². The summed E-state index contributed by atoms with van der Waals surface area (Å²) in [7, 11) is 0. The zero-order valence-electron chi connectivity index (χ0n) is 7.58. The summed E-state index contributed by atoms with van der Waals surface area (Å²) in [6.07, 6.45) is 2.17.